The molecule has 8 heteroatoms. The Hall–Kier alpha value is -1.81. The minimum Gasteiger partial charge on any atom is -0.595 e. The van der Waals surface area contributed by atoms with Crippen molar-refractivity contribution in [2.45, 2.75) is 33.1 Å². The predicted octanol–water partition coefficient (Wildman–Crippen LogP) is 1.03. The van der Waals surface area contributed by atoms with Gasteiger partial charge < -0.3 is 10.4 Å². The second-order valence-electron chi connectivity index (χ2n) is 5.14. The molecule has 0 radical (unpaired) electrons. The highest BCUT2D eigenvalue weighted by molar-refractivity contribution is 5.83. The first-order chi connectivity index (χ1) is 10.3. The smallest absolute Gasteiger partial charge is 0.195 e. The molecule has 0 amide bonds. The van der Waals surface area contributed by atoms with E-state index < -0.39 is 10.5 Å². The molecule has 0 aliphatic carbocycles. The van der Waals surface area contributed by atoms with Crippen molar-refractivity contribution in [3.63, 3.8) is 0 Å². The molecule has 0 saturated carbocycles. The molecular formula is C14H22N4O4. The number of hydrogen-bond donors (Lipinski definition) is 5. The number of hydrogen-bond acceptors (Lipinski definition) is 6. The van der Waals surface area contributed by atoms with Crippen molar-refractivity contribution in [3.8, 4) is 0 Å². The molecule has 0 aliphatic heterocycles. The van der Waals surface area contributed by atoms with Crippen LogP contribution in [0.4, 0.5) is 17.1 Å². The Kier molecular flexibility index (Phi) is 7.12. The number of allylic oxidation sites excluding steroid dienone is 1. The number of benzene rings is 1. The Morgan fingerprint density at radius 1 is 1.23 bits per heavy atom. The first kappa shape index (κ1) is 18.2. The van der Waals surface area contributed by atoms with Gasteiger partial charge in [0.2, 0.25) is 0 Å². The summed E-state index contributed by atoms with van der Waals surface area (Å²) in [6.45, 7) is 7.64. The van der Waals surface area contributed by atoms with Crippen LogP contribution in [0.1, 0.15) is 33.1 Å². The van der Waals surface area contributed by atoms with Gasteiger partial charge in [0.1, 0.15) is 5.69 Å². The maximum Gasteiger partial charge on any atom is 0.195 e. The van der Waals surface area contributed by atoms with Crippen molar-refractivity contribution < 1.29 is 20.9 Å². The molecule has 5 N–H and O–H groups in total. The highest BCUT2D eigenvalue weighted by Crippen LogP contribution is 2.20. The van der Waals surface area contributed by atoms with Crippen LogP contribution in [0.15, 0.2) is 35.5 Å². The fraction of sp³-hybridized carbons (Fsp3) is 0.357. The molecule has 0 aliphatic rings. The van der Waals surface area contributed by atoms with Gasteiger partial charge in [-0.3, -0.25) is 5.43 Å². The van der Waals surface area contributed by atoms with Crippen molar-refractivity contribution in [2.24, 2.45) is 5.10 Å². The molecular weight excluding hydrogens is 288 g/mol. The van der Waals surface area contributed by atoms with Gasteiger partial charge in [0.25, 0.3) is 0 Å². The van der Waals surface area contributed by atoms with Crippen molar-refractivity contribution >= 4 is 22.8 Å². The quantitative estimate of drug-likeness (QED) is 0.279. The van der Waals surface area contributed by atoms with Gasteiger partial charge in [0, 0.05) is 11.8 Å². The molecule has 0 saturated heterocycles. The van der Waals surface area contributed by atoms with Crippen LogP contribution in [0.2, 0.25) is 0 Å². The molecule has 8 nitrogen and oxygen atoms in total. The highest BCUT2D eigenvalue weighted by Gasteiger charge is 2.13. The average Bonchev–Trinajstić information content (AvgIpc) is 2.44. The van der Waals surface area contributed by atoms with Crippen LogP contribution in [0.3, 0.4) is 0 Å². The lowest BCUT2D eigenvalue weighted by molar-refractivity contribution is -0.996. The largest absolute Gasteiger partial charge is 0.595 e. The van der Waals surface area contributed by atoms with Crippen molar-refractivity contribution in [3.05, 3.63) is 40.8 Å². The molecule has 22 heavy (non-hydrogen) atoms. The van der Waals surface area contributed by atoms with E-state index in [1.807, 2.05) is 13.8 Å². The summed E-state index contributed by atoms with van der Waals surface area (Å²) in [5, 5.41) is 41.9. The van der Waals surface area contributed by atoms with Gasteiger partial charge in [0.05, 0.1) is 6.07 Å². The summed E-state index contributed by atoms with van der Waals surface area (Å²) in [5.74, 6) is 0. The summed E-state index contributed by atoms with van der Waals surface area (Å²) in [4.78, 5) is 0. The summed E-state index contributed by atoms with van der Waals surface area (Å²) in [5.41, 5.74) is 4.69. The molecule has 2 unspecified atom stereocenters. The van der Waals surface area contributed by atoms with Crippen molar-refractivity contribution in [1.82, 2.24) is 0 Å². The average molecular weight is 310 g/mol. The third kappa shape index (κ3) is 5.90. The third-order valence-corrected chi connectivity index (χ3v) is 3.01. The molecule has 2 atom stereocenters. The Balaban J connectivity index is 2.77. The Morgan fingerprint density at radius 3 is 2.45 bits per heavy atom. The lowest BCUT2D eigenvalue weighted by Gasteiger charge is -2.18. The van der Waals surface area contributed by atoms with Crippen LogP contribution in [0.25, 0.3) is 0 Å². The van der Waals surface area contributed by atoms with Crippen LogP contribution >= 0.6 is 0 Å². The van der Waals surface area contributed by atoms with E-state index in [-0.39, 0.29) is 17.1 Å². The predicted molar refractivity (Wildman–Crippen MR) is 83.4 cm³/mol. The van der Waals surface area contributed by atoms with Crippen molar-refractivity contribution in [2.75, 3.05) is 5.43 Å². The highest BCUT2D eigenvalue weighted by atomic mass is 16.8. The second kappa shape index (κ2) is 8.59. The van der Waals surface area contributed by atoms with E-state index in [0.29, 0.717) is 0 Å². The monoisotopic (exact) mass is 310 g/mol. The van der Waals surface area contributed by atoms with Gasteiger partial charge in [-0.1, -0.05) is 5.57 Å². The van der Waals surface area contributed by atoms with E-state index in [2.05, 4.69) is 17.1 Å². The Labute approximate surface area is 129 Å². The maximum absolute atomic E-state index is 11.2. The molecule has 1 rings (SSSR count). The number of anilines is 1. The fourth-order valence-electron chi connectivity index (χ4n) is 1.81. The van der Waals surface area contributed by atoms with Gasteiger partial charge in [-0.05, 0) is 39.2 Å². The van der Waals surface area contributed by atoms with E-state index in [1.165, 1.54) is 12.1 Å². The zero-order valence-electron chi connectivity index (χ0n) is 12.7. The van der Waals surface area contributed by atoms with Gasteiger partial charge in [-0.15, -0.1) is 6.58 Å². The second-order valence-corrected chi connectivity index (χ2v) is 5.14. The molecule has 1 aromatic carbocycles. The molecule has 0 spiro atoms. The normalized spacial score (nSPS) is 14.5. The summed E-state index contributed by atoms with van der Waals surface area (Å²) < 4.78 is 0. The molecule has 122 valence electrons. The Morgan fingerprint density at radius 2 is 1.91 bits per heavy atom. The van der Waals surface area contributed by atoms with Gasteiger partial charge >= 0.3 is 0 Å². The van der Waals surface area contributed by atoms with E-state index in [9.17, 15) is 10.4 Å². The SMILES string of the molecule is C=C(C)CCCC(C)=NNc1ccc([NH+]([O-])O)cc1[NH+]([O-])O. The number of hydrazone groups is 1. The maximum atomic E-state index is 11.2. The summed E-state index contributed by atoms with van der Waals surface area (Å²) in [7, 11) is 0. The van der Waals surface area contributed by atoms with E-state index in [4.69, 9.17) is 10.4 Å². The lowest BCUT2D eigenvalue weighted by Crippen LogP contribution is -3.00. The first-order valence-electron chi connectivity index (χ1n) is 6.85. The number of quaternary nitrogens is 2. The standard InChI is InChI=1S/C14H22N4O4/c1-10(2)5-4-6-11(3)15-16-13-8-7-12(17(19)20)9-14(13)18(21)22/h7-9,16-19,21H,1,4-6H2,2-3H3. The Bertz CT molecular complexity index is 544. The summed E-state index contributed by atoms with van der Waals surface area (Å²) in [6, 6.07) is 3.85. The zero-order valence-corrected chi connectivity index (χ0v) is 12.7. The topological polar surface area (TPSA) is 120 Å². The number of rotatable bonds is 8. The summed E-state index contributed by atoms with van der Waals surface area (Å²) in [6.07, 6.45) is 2.62. The molecule has 1 aromatic rings. The van der Waals surface area contributed by atoms with Gasteiger partial charge in [0.15, 0.2) is 11.4 Å². The van der Waals surface area contributed by atoms with Crippen LogP contribution in [-0.2, 0) is 0 Å². The van der Waals surface area contributed by atoms with Gasteiger partial charge in [-0.2, -0.15) is 15.6 Å². The minimum atomic E-state index is -1.21. The summed E-state index contributed by atoms with van der Waals surface area (Å²) >= 11 is 0. The molecule has 0 heterocycles. The van der Waals surface area contributed by atoms with Crippen LogP contribution < -0.4 is 15.9 Å². The van der Waals surface area contributed by atoms with E-state index in [1.54, 1.807) is 0 Å². The molecule has 0 fully saturated rings. The first-order valence-corrected chi connectivity index (χ1v) is 6.85. The lowest BCUT2D eigenvalue weighted by atomic mass is 10.1. The third-order valence-electron chi connectivity index (χ3n) is 3.01. The molecule has 0 aromatic heterocycles. The van der Waals surface area contributed by atoms with Gasteiger partial charge in [-0.25, -0.2) is 10.4 Å². The van der Waals surface area contributed by atoms with Crippen LogP contribution in [0.5, 0.6) is 0 Å². The van der Waals surface area contributed by atoms with E-state index >= 15 is 0 Å². The minimum absolute atomic E-state index is 0.0786. The van der Waals surface area contributed by atoms with Crippen LogP contribution in [0, 0.1) is 10.4 Å². The molecule has 0 bridgehead atoms. The number of nitrogens with zero attached hydrogens (tertiary/aromatic N) is 1. The number of nitrogens with one attached hydrogen (secondary N) is 3. The fourth-order valence-corrected chi connectivity index (χ4v) is 1.81. The van der Waals surface area contributed by atoms with Crippen molar-refractivity contribution in [1.29, 1.82) is 0 Å². The zero-order chi connectivity index (χ0) is 16.7. The van der Waals surface area contributed by atoms with E-state index in [0.717, 1.165) is 36.6 Å². The van der Waals surface area contributed by atoms with Crippen LogP contribution in [-0.4, -0.2) is 16.1 Å².